The van der Waals surface area contributed by atoms with E-state index in [1.807, 2.05) is 12.3 Å². The van der Waals surface area contributed by atoms with Crippen LogP contribution in [0.15, 0.2) is 23.3 Å². The summed E-state index contributed by atoms with van der Waals surface area (Å²) in [5.41, 5.74) is 2.26. The zero-order chi connectivity index (χ0) is 14.8. The van der Waals surface area contributed by atoms with Gasteiger partial charge in [-0.25, -0.2) is 0 Å². The summed E-state index contributed by atoms with van der Waals surface area (Å²) in [5.74, 6) is 0.846. The maximum atomic E-state index is 4.38. The molecule has 0 amide bonds. The summed E-state index contributed by atoms with van der Waals surface area (Å²) in [6.45, 7) is 7.21. The number of nitrogens with one attached hydrogen (secondary N) is 2. The lowest BCUT2D eigenvalue weighted by molar-refractivity contribution is 0.546. The molecule has 0 fully saturated rings. The monoisotopic (exact) mass is 404 g/mol. The molecule has 1 unspecified atom stereocenters. The number of hydrogen-bond donors (Lipinski definition) is 2. The van der Waals surface area contributed by atoms with E-state index in [0.29, 0.717) is 12.6 Å². The van der Waals surface area contributed by atoms with Crippen LogP contribution < -0.4 is 10.6 Å². The van der Waals surface area contributed by atoms with Gasteiger partial charge in [-0.2, -0.15) is 0 Å². The minimum Gasteiger partial charge on any atom is -0.354 e. The molecule has 1 atom stereocenters. The standard InChI is InChI=1S/C16H28N4.HI/c1-5-6-7-10-14(3)20-16(17-4)19-12-15-13(2)9-8-11-18-15;/h8-9,11,14H,5-7,10,12H2,1-4H3,(H2,17,19,20);1H. The van der Waals surface area contributed by atoms with Gasteiger partial charge >= 0.3 is 0 Å². The molecule has 4 nitrogen and oxygen atoms in total. The molecule has 2 N–H and O–H groups in total. The first-order valence-corrected chi connectivity index (χ1v) is 7.55. The summed E-state index contributed by atoms with van der Waals surface area (Å²) in [7, 11) is 1.80. The molecule has 0 saturated heterocycles. The second-order valence-corrected chi connectivity index (χ2v) is 5.23. The van der Waals surface area contributed by atoms with Gasteiger partial charge in [-0.05, 0) is 31.9 Å². The lowest BCUT2D eigenvalue weighted by Crippen LogP contribution is -2.42. The van der Waals surface area contributed by atoms with E-state index >= 15 is 0 Å². The molecule has 1 aromatic heterocycles. The number of guanidine groups is 1. The van der Waals surface area contributed by atoms with E-state index in [9.17, 15) is 0 Å². The number of aryl methyl sites for hydroxylation is 1. The van der Waals surface area contributed by atoms with Gasteiger partial charge in [0, 0.05) is 19.3 Å². The van der Waals surface area contributed by atoms with Crippen LogP contribution in [0.4, 0.5) is 0 Å². The summed E-state index contributed by atoms with van der Waals surface area (Å²) in [4.78, 5) is 8.65. The number of rotatable bonds is 7. The molecule has 1 heterocycles. The predicted octanol–water partition coefficient (Wildman–Crippen LogP) is 3.64. The Bertz CT molecular complexity index is 420. The molecule has 0 spiro atoms. The first kappa shape index (κ1) is 20.1. The minimum absolute atomic E-state index is 0. The highest BCUT2D eigenvalue weighted by Gasteiger charge is 2.05. The number of pyridine rings is 1. The molecule has 5 heteroatoms. The van der Waals surface area contributed by atoms with E-state index in [-0.39, 0.29) is 24.0 Å². The van der Waals surface area contributed by atoms with Gasteiger partial charge in [0.05, 0.1) is 12.2 Å². The van der Waals surface area contributed by atoms with Crippen LogP contribution >= 0.6 is 24.0 Å². The average molecular weight is 404 g/mol. The topological polar surface area (TPSA) is 49.3 Å². The van der Waals surface area contributed by atoms with Gasteiger partial charge in [-0.1, -0.05) is 32.3 Å². The van der Waals surface area contributed by atoms with E-state index in [1.54, 1.807) is 7.05 Å². The molecule has 1 rings (SSSR count). The quantitative estimate of drug-likeness (QED) is 0.316. The Hall–Kier alpha value is -0.850. The van der Waals surface area contributed by atoms with Gasteiger partial charge in [-0.15, -0.1) is 24.0 Å². The Balaban J connectivity index is 0.00000400. The highest BCUT2D eigenvalue weighted by Crippen LogP contribution is 2.04. The van der Waals surface area contributed by atoms with Crippen LogP contribution in [0.5, 0.6) is 0 Å². The molecule has 21 heavy (non-hydrogen) atoms. The number of unbranched alkanes of at least 4 members (excludes halogenated alkanes) is 2. The van der Waals surface area contributed by atoms with Crippen molar-refractivity contribution in [2.24, 2.45) is 4.99 Å². The highest BCUT2D eigenvalue weighted by molar-refractivity contribution is 14.0. The largest absolute Gasteiger partial charge is 0.354 e. The molecule has 0 saturated carbocycles. The predicted molar refractivity (Wildman–Crippen MR) is 101 cm³/mol. The van der Waals surface area contributed by atoms with Crippen molar-refractivity contribution in [1.82, 2.24) is 15.6 Å². The SMILES string of the molecule is CCCCCC(C)NC(=NC)NCc1ncccc1C.I. The van der Waals surface area contributed by atoms with Gasteiger partial charge in [0.2, 0.25) is 0 Å². The van der Waals surface area contributed by atoms with E-state index < -0.39 is 0 Å². The Labute approximate surface area is 146 Å². The van der Waals surface area contributed by atoms with E-state index in [0.717, 1.165) is 11.7 Å². The van der Waals surface area contributed by atoms with Crippen molar-refractivity contribution in [2.75, 3.05) is 7.05 Å². The first-order chi connectivity index (χ1) is 9.67. The van der Waals surface area contributed by atoms with Crippen LogP contribution in [0.1, 0.15) is 50.8 Å². The minimum atomic E-state index is 0. The van der Waals surface area contributed by atoms with Crippen molar-refractivity contribution in [3.63, 3.8) is 0 Å². The molecule has 0 aliphatic rings. The molecule has 0 aromatic carbocycles. The number of halogens is 1. The van der Waals surface area contributed by atoms with Crippen LogP contribution in [0.25, 0.3) is 0 Å². The van der Waals surface area contributed by atoms with Gasteiger partial charge in [0.15, 0.2) is 5.96 Å². The molecular formula is C16H29IN4. The molecule has 0 radical (unpaired) electrons. The van der Waals surface area contributed by atoms with Crippen LogP contribution in [-0.4, -0.2) is 24.0 Å². The van der Waals surface area contributed by atoms with Crippen molar-refractivity contribution in [2.45, 2.75) is 59.0 Å². The van der Waals surface area contributed by atoms with Gasteiger partial charge in [0.1, 0.15) is 0 Å². The van der Waals surface area contributed by atoms with Gasteiger partial charge in [0.25, 0.3) is 0 Å². The fraction of sp³-hybridized carbons (Fsp3) is 0.625. The van der Waals surface area contributed by atoms with Gasteiger partial charge in [-0.3, -0.25) is 9.98 Å². The second-order valence-electron chi connectivity index (χ2n) is 5.23. The first-order valence-electron chi connectivity index (χ1n) is 7.55. The zero-order valence-electron chi connectivity index (χ0n) is 13.6. The third kappa shape index (κ3) is 8.24. The van der Waals surface area contributed by atoms with Crippen LogP contribution in [0.2, 0.25) is 0 Å². The van der Waals surface area contributed by atoms with Crippen LogP contribution in [0, 0.1) is 6.92 Å². The molecule has 0 bridgehead atoms. The number of aromatic nitrogens is 1. The molecule has 0 aliphatic carbocycles. The molecule has 1 aromatic rings. The summed E-state index contributed by atoms with van der Waals surface area (Å²) < 4.78 is 0. The summed E-state index contributed by atoms with van der Waals surface area (Å²) in [6, 6.07) is 4.48. The number of aliphatic imine (C=N–C) groups is 1. The Morgan fingerprint density at radius 3 is 2.76 bits per heavy atom. The lowest BCUT2D eigenvalue weighted by Gasteiger charge is -2.18. The lowest BCUT2D eigenvalue weighted by atomic mass is 10.1. The van der Waals surface area contributed by atoms with Crippen molar-refractivity contribution in [3.05, 3.63) is 29.6 Å². The zero-order valence-corrected chi connectivity index (χ0v) is 16.0. The van der Waals surface area contributed by atoms with Gasteiger partial charge < -0.3 is 10.6 Å². The number of nitrogens with zero attached hydrogens (tertiary/aromatic N) is 2. The van der Waals surface area contributed by atoms with E-state index in [4.69, 9.17) is 0 Å². The fourth-order valence-electron chi connectivity index (χ4n) is 2.07. The summed E-state index contributed by atoms with van der Waals surface area (Å²) >= 11 is 0. The molecule has 0 aliphatic heterocycles. The summed E-state index contributed by atoms with van der Waals surface area (Å²) in [5, 5.41) is 6.75. The molecule has 120 valence electrons. The van der Waals surface area contributed by atoms with Crippen molar-refractivity contribution < 1.29 is 0 Å². The maximum Gasteiger partial charge on any atom is 0.191 e. The van der Waals surface area contributed by atoms with Crippen LogP contribution in [0.3, 0.4) is 0 Å². The van der Waals surface area contributed by atoms with Crippen molar-refractivity contribution >= 4 is 29.9 Å². The maximum absolute atomic E-state index is 4.38. The van der Waals surface area contributed by atoms with Crippen molar-refractivity contribution in [1.29, 1.82) is 0 Å². The Kier molecular flexibility index (Phi) is 11.3. The van der Waals surface area contributed by atoms with Crippen LogP contribution in [-0.2, 0) is 6.54 Å². The smallest absolute Gasteiger partial charge is 0.191 e. The fourth-order valence-corrected chi connectivity index (χ4v) is 2.07. The Morgan fingerprint density at radius 2 is 2.14 bits per heavy atom. The molecular weight excluding hydrogens is 375 g/mol. The summed E-state index contributed by atoms with van der Waals surface area (Å²) in [6.07, 6.45) is 6.83. The third-order valence-electron chi connectivity index (χ3n) is 3.39. The normalized spacial score (nSPS) is 12.5. The van der Waals surface area contributed by atoms with E-state index in [2.05, 4.69) is 47.4 Å². The Morgan fingerprint density at radius 1 is 1.38 bits per heavy atom. The number of hydrogen-bond acceptors (Lipinski definition) is 2. The van der Waals surface area contributed by atoms with E-state index in [1.165, 1.54) is 31.2 Å². The highest BCUT2D eigenvalue weighted by atomic mass is 127. The average Bonchev–Trinajstić information content (AvgIpc) is 2.45. The van der Waals surface area contributed by atoms with Crippen molar-refractivity contribution in [3.8, 4) is 0 Å². The third-order valence-corrected chi connectivity index (χ3v) is 3.39. The second kappa shape index (κ2) is 11.8.